The quantitative estimate of drug-likeness (QED) is 0.827. The van der Waals surface area contributed by atoms with Gasteiger partial charge in [0.1, 0.15) is 16.5 Å². The van der Waals surface area contributed by atoms with Crippen molar-refractivity contribution in [2.75, 3.05) is 6.54 Å². The molecule has 3 rings (SSSR count). The van der Waals surface area contributed by atoms with Crippen LogP contribution in [0.15, 0.2) is 47.4 Å². The minimum Gasteiger partial charge on any atom is -0.207 e. The maximum absolute atomic E-state index is 13.9. The molecule has 0 aromatic heterocycles. The van der Waals surface area contributed by atoms with Gasteiger partial charge in [0.25, 0.3) is 0 Å². The molecular formula is C16H14ClF2NO2S. The summed E-state index contributed by atoms with van der Waals surface area (Å²) in [5.74, 6) is -1.75. The first-order chi connectivity index (χ1) is 10.9. The van der Waals surface area contributed by atoms with Crippen molar-refractivity contribution in [3.63, 3.8) is 0 Å². The number of nitrogens with zero attached hydrogens (tertiary/aromatic N) is 1. The van der Waals surface area contributed by atoms with Crippen LogP contribution < -0.4 is 0 Å². The lowest BCUT2D eigenvalue weighted by Crippen LogP contribution is -2.31. The van der Waals surface area contributed by atoms with Gasteiger partial charge in [-0.05, 0) is 42.7 Å². The highest BCUT2D eigenvalue weighted by atomic mass is 35.5. The van der Waals surface area contributed by atoms with Gasteiger partial charge in [-0.2, -0.15) is 4.31 Å². The minimum atomic E-state index is -4.15. The van der Waals surface area contributed by atoms with Gasteiger partial charge < -0.3 is 0 Å². The molecule has 3 nitrogen and oxygen atoms in total. The van der Waals surface area contributed by atoms with Crippen molar-refractivity contribution in [2.45, 2.75) is 23.8 Å². The van der Waals surface area contributed by atoms with Gasteiger partial charge in [0.05, 0.1) is 6.04 Å². The number of sulfonamides is 1. The minimum absolute atomic E-state index is 0.244. The van der Waals surface area contributed by atoms with Gasteiger partial charge in [0, 0.05) is 11.6 Å². The Morgan fingerprint density at radius 1 is 1.13 bits per heavy atom. The summed E-state index contributed by atoms with van der Waals surface area (Å²) >= 11 is 6.17. The molecule has 0 aliphatic carbocycles. The Labute approximate surface area is 138 Å². The van der Waals surface area contributed by atoms with Crippen LogP contribution in [0, 0.1) is 11.6 Å². The molecule has 122 valence electrons. The lowest BCUT2D eigenvalue weighted by molar-refractivity contribution is 0.393. The van der Waals surface area contributed by atoms with E-state index in [1.54, 1.807) is 24.3 Å². The van der Waals surface area contributed by atoms with Crippen molar-refractivity contribution in [3.05, 3.63) is 64.7 Å². The van der Waals surface area contributed by atoms with E-state index in [4.69, 9.17) is 11.6 Å². The summed E-state index contributed by atoms with van der Waals surface area (Å²) in [5.41, 5.74) is 0.673. The fourth-order valence-electron chi connectivity index (χ4n) is 2.89. The Hall–Kier alpha value is -1.50. The summed E-state index contributed by atoms with van der Waals surface area (Å²) in [6, 6.07) is 8.92. The molecule has 1 atom stereocenters. The van der Waals surface area contributed by atoms with Crippen LogP contribution in [0.3, 0.4) is 0 Å². The molecule has 0 radical (unpaired) electrons. The Morgan fingerprint density at radius 2 is 1.87 bits per heavy atom. The molecule has 2 aromatic carbocycles. The third kappa shape index (κ3) is 2.98. The molecule has 1 aliphatic heterocycles. The van der Waals surface area contributed by atoms with E-state index in [9.17, 15) is 17.2 Å². The fraction of sp³-hybridized carbons (Fsp3) is 0.250. The first-order valence-electron chi connectivity index (χ1n) is 7.12. The third-order valence-electron chi connectivity index (χ3n) is 3.95. The molecule has 7 heteroatoms. The summed E-state index contributed by atoms with van der Waals surface area (Å²) < 4.78 is 54.1. The topological polar surface area (TPSA) is 37.4 Å². The third-order valence-corrected chi connectivity index (χ3v) is 6.22. The molecule has 0 bridgehead atoms. The number of benzene rings is 2. The normalized spacial score (nSPS) is 19.2. The molecule has 1 heterocycles. The van der Waals surface area contributed by atoms with E-state index in [0.29, 0.717) is 29.5 Å². The molecule has 1 saturated heterocycles. The van der Waals surface area contributed by atoms with E-state index < -0.39 is 32.6 Å². The van der Waals surface area contributed by atoms with Gasteiger partial charge in [-0.1, -0.05) is 29.8 Å². The second-order valence-electron chi connectivity index (χ2n) is 5.37. The Morgan fingerprint density at radius 3 is 2.61 bits per heavy atom. The van der Waals surface area contributed by atoms with Gasteiger partial charge in [0.15, 0.2) is 0 Å². The predicted molar refractivity (Wildman–Crippen MR) is 83.7 cm³/mol. The van der Waals surface area contributed by atoms with E-state index in [-0.39, 0.29) is 6.54 Å². The lowest BCUT2D eigenvalue weighted by atomic mass is 10.1. The first kappa shape index (κ1) is 16.4. The molecule has 0 unspecified atom stereocenters. The smallest absolute Gasteiger partial charge is 0.207 e. The lowest BCUT2D eigenvalue weighted by Gasteiger charge is -2.25. The van der Waals surface area contributed by atoms with Crippen LogP contribution in [0.4, 0.5) is 8.78 Å². The average Bonchev–Trinajstić information content (AvgIpc) is 3.00. The Balaban J connectivity index is 2.05. The maximum atomic E-state index is 13.9. The highest BCUT2D eigenvalue weighted by molar-refractivity contribution is 7.89. The fourth-order valence-corrected chi connectivity index (χ4v) is 4.90. The zero-order chi connectivity index (χ0) is 16.6. The Bertz CT molecular complexity index is 842. The van der Waals surface area contributed by atoms with Crippen LogP contribution in [-0.2, 0) is 10.0 Å². The number of hydrogen-bond acceptors (Lipinski definition) is 2. The molecular weight excluding hydrogens is 344 g/mol. The van der Waals surface area contributed by atoms with E-state index in [1.807, 2.05) is 0 Å². The zero-order valence-electron chi connectivity index (χ0n) is 12.0. The van der Waals surface area contributed by atoms with Crippen LogP contribution in [0.1, 0.15) is 24.4 Å². The summed E-state index contributed by atoms with van der Waals surface area (Å²) in [5, 5.41) is 0.458. The van der Waals surface area contributed by atoms with Crippen molar-refractivity contribution < 1.29 is 17.2 Å². The SMILES string of the molecule is O=S(=O)(c1cc(F)ccc1F)N1CCC[C@@H]1c1ccccc1Cl. The van der Waals surface area contributed by atoms with Gasteiger partial charge in [-0.3, -0.25) is 0 Å². The number of hydrogen-bond donors (Lipinski definition) is 0. The van der Waals surface area contributed by atoms with Crippen LogP contribution in [0.5, 0.6) is 0 Å². The second-order valence-corrected chi connectivity index (χ2v) is 7.64. The summed E-state index contributed by atoms with van der Waals surface area (Å²) in [6.07, 6.45) is 1.21. The van der Waals surface area contributed by atoms with Gasteiger partial charge in [-0.25, -0.2) is 17.2 Å². The van der Waals surface area contributed by atoms with Crippen LogP contribution in [0.25, 0.3) is 0 Å². The zero-order valence-corrected chi connectivity index (χ0v) is 13.6. The molecule has 0 amide bonds. The predicted octanol–water partition coefficient (Wildman–Crippen LogP) is 4.14. The highest BCUT2D eigenvalue weighted by Crippen LogP contribution is 2.39. The van der Waals surface area contributed by atoms with Crippen molar-refractivity contribution in [2.24, 2.45) is 0 Å². The summed E-state index contributed by atoms with van der Waals surface area (Å²) in [4.78, 5) is -0.642. The van der Waals surface area contributed by atoms with Crippen LogP contribution in [-0.4, -0.2) is 19.3 Å². The standard InChI is InChI=1S/C16H14ClF2NO2S/c17-13-5-2-1-4-12(13)15-6-3-9-20(15)23(21,22)16-10-11(18)7-8-14(16)19/h1-2,4-5,7-8,10,15H,3,6,9H2/t15-/m1/s1. The largest absolute Gasteiger partial charge is 0.246 e. The van der Waals surface area contributed by atoms with Gasteiger partial charge in [-0.15, -0.1) is 0 Å². The van der Waals surface area contributed by atoms with Crippen molar-refractivity contribution in [1.29, 1.82) is 0 Å². The van der Waals surface area contributed by atoms with E-state index in [1.165, 1.54) is 4.31 Å². The summed E-state index contributed by atoms with van der Waals surface area (Å²) in [7, 11) is -4.15. The molecule has 2 aromatic rings. The molecule has 1 aliphatic rings. The molecule has 0 N–H and O–H groups in total. The average molecular weight is 358 g/mol. The Kier molecular flexibility index (Phi) is 4.40. The monoisotopic (exact) mass is 357 g/mol. The molecule has 0 saturated carbocycles. The maximum Gasteiger partial charge on any atom is 0.246 e. The highest BCUT2D eigenvalue weighted by Gasteiger charge is 2.38. The van der Waals surface area contributed by atoms with Crippen molar-refractivity contribution in [3.8, 4) is 0 Å². The van der Waals surface area contributed by atoms with Crippen molar-refractivity contribution >= 4 is 21.6 Å². The van der Waals surface area contributed by atoms with Gasteiger partial charge >= 0.3 is 0 Å². The van der Waals surface area contributed by atoms with E-state index >= 15 is 0 Å². The first-order valence-corrected chi connectivity index (χ1v) is 8.94. The number of halogens is 3. The van der Waals surface area contributed by atoms with Crippen LogP contribution >= 0.6 is 11.6 Å². The van der Waals surface area contributed by atoms with E-state index in [2.05, 4.69) is 0 Å². The number of rotatable bonds is 3. The molecule has 0 spiro atoms. The second kappa shape index (κ2) is 6.19. The van der Waals surface area contributed by atoms with Crippen LogP contribution in [0.2, 0.25) is 5.02 Å². The molecule has 1 fully saturated rings. The molecule has 23 heavy (non-hydrogen) atoms. The van der Waals surface area contributed by atoms with Gasteiger partial charge in [0.2, 0.25) is 10.0 Å². The van der Waals surface area contributed by atoms with E-state index in [0.717, 1.165) is 12.1 Å². The van der Waals surface area contributed by atoms with Crippen molar-refractivity contribution in [1.82, 2.24) is 4.31 Å². The summed E-state index contributed by atoms with van der Waals surface area (Å²) in [6.45, 7) is 0.244.